The van der Waals surface area contributed by atoms with Crippen molar-refractivity contribution < 1.29 is 0 Å². The van der Waals surface area contributed by atoms with Crippen LogP contribution in [0.4, 0.5) is 0 Å². The van der Waals surface area contributed by atoms with E-state index in [0.29, 0.717) is 0 Å². The third-order valence-electron chi connectivity index (χ3n) is 10.5. The summed E-state index contributed by atoms with van der Waals surface area (Å²) in [5, 5.41) is 0. The van der Waals surface area contributed by atoms with E-state index in [4.69, 9.17) is 4.98 Å². The predicted octanol–water partition coefficient (Wildman–Crippen LogP) is 13.4. The fourth-order valence-electron chi connectivity index (χ4n) is 7.71. The van der Waals surface area contributed by atoms with Gasteiger partial charge in [0.15, 0.2) is 0 Å². The first-order valence-electron chi connectivity index (χ1n) is 17.7. The molecule has 8 aromatic rings. The van der Waals surface area contributed by atoms with Gasteiger partial charge in [-0.3, -0.25) is 0 Å². The van der Waals surface area contributed by atoms with Gasteiger partial charge >= 0.3 is 0 Å². The number of benzene rings is 7. The lowest BCUT2D eigenvalue weighted by molar-refractivity contribution is 0.660. The maximum absolute atomic E-state index is 5.33. The van der Waals surface area contributed by atoms with Gasteiger partial charge in [-0.15, -0.1) is 0 Å². The van der Waals surface area contributed by atoms with E-state index in [2.05, 4.69) is 202 Å². The zero-order valence-electron chi connectivity index (χ0n) is 28.8. The Morgan fingerprint density at radius 1 is 0.294 bits per heavy atom. The van der Waals surface area contributed by atoms with Gasteiger partial charge in [0, 0.05) is 16.5 Å². The van der Waals surface area contributed by atoms with Gasteiger partial charge in [0.2, 0.25) is 0 Å². The highest BCUT2D eigenvalue weighted by molar-refractivity contribution is 5.87. The Morgan fingerprint density at radius 2 is 0.706 bits per heavy atom. The van der Waals surface area contributed by atoms with Crippen molar-refractivity contribution in [1.82, 2.24) is 4.98 Å². The first-order chi connectivity index (χ1) is 25.0. The number of rotatable bonds is 6. The van der Waals surface area contributed by atoms with E-state index < -0.39 is 0 Å². The van der Waals surface area contributed by atoms with Crippen LogP contribution in [-0.2, 0) is 5.41 Å². The SMILES string of the molecule is CC1(C)c2ccccc2-c2ccc(-c3cc(-c4ccc(-c5ccccc5)cc4)cc(-c4cc(-c5ccccc5)cc(-c5ccccc5)n4)c3)cc21. The van der Waals surface area contributed by atoms with Gasteiger partial charge in [-0.05, 0) is 103 Å². The fraction of sp³-hybridized carbons (Fsp3) is 0.0600. The van der Waals surface area contributed by atoms with Crippen LogP contribution in [-0.4, -0.2) is 4.98 Å². The lowest BCUT2D eigenvalue weighted by atomic mass is 9.81. The third-order valence-corrected chi connectivity index (χ3v) is 10.5. The topological polar surface area (TPSA) is 12.9 Å². The molecule has 0 unspecified atom stereocenters. The molecule has 0 N–H and O–H groups in total. The average Bonchev–Trinajstić information content (AvgIpc) is 3.44. The molecule has 0 spiro atoms. The van der Waals surface area contributed by atoms with Gasteiger partial charge in [-0.2, -0.15) is 0 Å². The van der Waals surface area contributed by atoms with Crippen LogP contribution in [0.3, 0.4) is 0 Å². The van der Waals surface area contributed by atoms with Crippen LogP contribution >= 0.6 is 0 Å². The van der Waals surface area contributed by atoms with E-state index in [-0.39, 0.29) is 5.41 Å². The molecule has 0 saturated carbocycles. The molecule has 51 heavy (non-hydrogen) atoms. The Kier molecular flexibility index (Phi) is 7.55. The summed E-state index contributed by atoms with van der Waals surface area (Å²) >= 11 is 0. The van der Waals surface area contributed by atoms with Crippen LogP contribution in [0.15, 0.2) is 188 Å². The Balaban J connectivity index is 1.23. The van der Waals surface area contributed by atoms with Gasteiger partial charge in [-0.25, -0.2) is 4.98 Å². The molecule has 1 heteroatoms. The first kappa shape index (κ1) is 30.7. The van der Waals surface area contributed by atoms with Crippen molar-refractivity contribution in [1.29, 1.82) is 0 Å². The largest absolute Gasteiger partial charge is 0.248 e. The second kappa shape index (κ2) is 12.5. The molecule has 1 aliphatic rings. The molecule has 1 heterocycles. The van der Waals surface area contributed by atoms with Crippen molar-refractivity contribution >= 4 is 0 Å². The van der Waals surface area contributed by atoms with E-state index in [9.17, 15) is 0 Å². The molecule has 1 aromatic heterocycles. The molecule has 0 atom stereocenters. The van der Waals surface area contributed by atoms with E-state index in [1.54, 1.807) is 0 Å². The molecule has 0 bridgehead atoms. The summed E-state index contributed by atoms with van der Waals surface area (Å²) in [5.74, 6) is 0. The lowest BCUT2D eigenvalue weighted by Crippen LogP contribution is -2.14. The molecule has 1 aliphatic carbocycles. The van der Waals surface area contributed by atoms with Gasteiger partial charge in [0.25, 0.3) is 0 Å². The molecule has 0 radical (unpaired) electrons. The predicted molar refractivity (Wildman–Crippen MR) is 214 cm³/mol. The Morgan fingerprint density at radius 3 is 1.35 bits per heavy atom. The standard InChI is InChI=1S/C50H37N/c1-50(2)46-21-13-12-20-44(46)45-27-26-39(31-47(45)50)41-28-40(37-24-22-36(23-25-37)34-14-6-3-7-15-34)29-43(30-41)49-33-42(35-16-8-4-9-17-35)32-48(51-49)38-18-10-5-11-19-38/h3-33H,1-2H3. The third kappa shape index (κ3) is 5.67. The first-order valence-corrected chi connectivity index (χ1v) is 17.7. The zero-order valence-corrected chi connectivity index (χ0v) is 28.8. The molecule has 1 nitrogen and oxygen atoms in total. The van der Waals surface area contributed by atoms with Gasteiger partial charge in [-0.1, -0.05) is 166 Å². The van der Waals surface area contributed by atoms with Crippen LogP contribution in [0, 0.1) is 0 Å². The molecule has 0 amide bonds. The van der Waals surface area contributed by atoms with Gasteiger partial charge < -0.3 is 0 Å². The number of hydrogen-bond donors (Lipinski definition) is 0. The summed E-state index contributed by atoms with van der Waals surface area (Å²) in [5.41, 5.74) is 18.9. The van der Waals surface area contributed by atoms with Gasteiger partial charge in [0.1, 0.15) is 0 Å². The Hall–Kier alpha value is -6.31. The van der Waals surface area contributed by atoms with Crippen molar-refractivity contribution in [2.75, 3.05) is 0 Å². The van der Waals surface area contributed by atoms with Crippen molar-refractivity contribution in [2.45, 2.75) is 19.3 Å². The number of fused-ring (bicyclic) bond motifs is 3. The highest BCUT2D eigenvalue weighted by Gasteiger charge is 2.35. The van der Waals surface area contributed by atoms with Crippen LogP contribution in [0.2, 0.25) is 0 Å². The Labute approximate surface area is 300 Å². The highest BCUT2D eigenvalue weighted by atomic mass is 14.7. The minimum absolute atomic E-state index is 0.0776. The lowest BCUT2D eigenvalue weighted by Gasteiger charge is -2.22. The monoisotopic (exact) mass is 651 g/mol. The normalized spacial score (nSPS) is 12.7. The maximum atomic E-state index is 5.33. The van der Waals surface area contributed by atoms with E-state index in [0.717, 1.165) is 28.1 Å². The molecule has 7 aromatic carbocycles. The summed E-state index contributed by atoms with van der Waals surface area (Å²) < 4.78 is 0. The molecular weight excluding hydrogens is 615 g/mol. The van der Waals surface area contributed by atoms with Crippen molar-refractivity contribution in [3.8, 4) is 78.1 Å². The smallest absolute Gasteiger partial charge is 0.0716 e. The summed E-state index contributed by atoms with van der Waals surface area (Å²) in [4.78, 5) is 5.33. The summed E-state index contributed by atoms with van der Waals surface area (Å²) in [6.07, 6.45) is 0. The molecule has 0 aliphatic heterocycles. The number of aromatic nitrogens is 1. The highest BCUT2D eigenvalue weighted by Crippen LogP contribution is 2.50. The van der Waals surface area contributed by atoms with Crippen molar-refractivity contribution in [3.05, 3.63) is 199 Å². The zero-order chi connectivity index (χ0) is 34.4. The van der Waals surface area contributed by atoms with E-state index >= 15 is 0 Å². The van der Waals surface area contributed by atoms with Crippen molar-refractivity contribution in [3.63, 3.8) is 0 Å². The minimum atomic E-state index is -0.0776. The number of nitrogens with zero attached hydrogens (tertiary/aromatic N) is 1. The molecular formula is C50H37N. The minimum Gasteiger partial charge on any atom is -0.248 e. The van der Waals surface area contributed by atoms with Crippen molar-refractivity contribution in [2.24, 2.45) is 0 Å². The second-order valence-corrected chi connectivity index (χ2v) is 14.0. The molecule has 0 saturated heterocycles. The second-order valence-electron chi connectivity index (χ2n) is 14.0. The number of pyridine rings is 1. The Bertz CT molecular complexity index is 2450. The summed E-state index contributed by atoms with van der Waals surface area (Å²) in [6, 6.07) is 68.0. The van der Waals surface area contributed by atoms with Crippen LogP contribution in [0.5, 0.6) is 0 Å². The van der Waals surface area contributed by atoms with Crippen LogP contribution in [0.1, 0.15) is 25.0 Å². The van der Waals surface area contributed by atoms with Crippen LogP contribution < -0.4 is 0 Å². The quantitative estimate of drug-likeness (QED) is 0.174. The average molecular weight is 652 g/mol. The summed E-state index contributed by atoms with van der Waals surface area (Å²) in [7, 11) is 0. The number of hydrogen-bond acceptors (Lipinski definition) is 1. The fourth-order valence-corrected chi connectivity index (χ4v) is 7.71. The van der Waals surface area contributed by atoms with E-state index in [1.807, 2.05) is 0 Å². The molecule has 0 fully saturated rings. The van der Waals surface area contributed by atoms with Crippen LogP contribution in [0.25, 0.3) is 78.1 Å². The summed E-state index contributed by atoms with van der Waals surface area (Å²) in [6.45, 7) is 4.70. The molecule has 9 rings (SSSR count). The molecule has 242 valence electrons. The van der Waals surface area contributed by atoms with Gasteiger partial charge in [0.05, 0.1) is 11.4 Å². The van der Waals surface area contributed by atoms with E-state index in [1.165, 1.54) is 61.2 Å². The maximum Gasteiger partial charge on any atom is 0.0716 e.